The van der Waals surface area contributed by atoms with Crippen LogP contribution in [0.25, 0.3) is 0 Å². The number of hydrogen-bond donors (Lipinski definition) is 3. The third-order valence-corrected chi connectivity index (χ3v) is 20.2. The molecule has 0 rings (SSSR count). The van der Waals surface area contributed by atoms with E-state index in [1.54, 1.807) is 0 Å². The standard InChI is InChI=1S/C77H150O17P2/c1-7-10-12-14-16-17-18-19-20-21-22-23-24-29-32-37-43-49-55-61-76(81)94-73(66-88-75(80)60-54-48-42-36-31-28-26-25-27-30-35-41-46-52-58-70(6)9-3)68-92-96(85,86)90-64-71(78)63-89-95(83,84)91-67-72(65-87-74(79)59-53-47-39-15-13-11-8-2)93-77(82)62-56-50-44-38-33-34-40-45-51-57-69(4)5/h69-73,78H,7-68H2,1-6H3,(H,83,84)(H,85,86)/t70?,71-,72+,73+/m0/s1. The van der Waals surface area contributed by atoms with Crippen LogP contribution >= 0.6 is 15.6 Å². The maximum Gasteiger partial charge on any atom is 0.472 e. The SMILES string of the molecule is CCCCCCCCCCCCCCCCCCCCCC(=O)O[C@H](COC(=O)CCCCCCCCCCCCCCCCC(C)CC)COP(=O)(O)OC[C@@H](O)COP(=O)(O)OC[C@@H](COC(=O)CCCCCCCCC)OC(=O)CCCCCCCCCCCC(C)C. The van der Waals surface area contributed by atoms with Crippen molar-refractivity contribution in [2.75, 3.05) is 39.6 Å². The first-order valence-electron chi connectivity index (χ1n) is 40.0. The molecule has 0 aliphatic rings. The van der Waals surface area contributed by atoms with Gasteiger partial charge in [-0.15, -0.1) is 0 Å². The van der Waals surface area contributed by atoms with Crippen LogP contribution in [0.3, 0.4) is 0 Å². The Labute approximate surface area is 588 Å². The van der Waals surface area contributed by atoms with E-state index in [1.165, 1.54) is 205 Å². The van der Waals surface area contributed by atoms with Crippen molar-refractivity contribution in [3.63, 3.8) is 0 Å². The first-order chi connectivity index (χ1) is 46.4. The number of aliphatic hydroxyl groups is 1. The summed E-state index contributed by atoms with van der Waals surface area (Å²) in [6.07, 6.45) is 57.1. The summed E-state index contributed by atoms with van der Waals surface area (Å²) in [6, 6.07) is 0. The van der Waals surface area contributed by atoms with Gasteiger partial charge in [0.2, 0.25) is 0 Å². The summed E-state index contributed by atoms with van der Waals surface area (Å²) in [7, 11) is -9.91. The van der Waals surface area contributed by atoms with E-state index >= 15 is 0 Å². The summed E-state index contributed by atoms with van der Waals surface area (Å²) in [5.74, 6) is -0.533. The highest BCUT2D eigenvalue weighted by atomic mass is 31.2. The van der Waals surface area contributed by atoms with Crippen molar-refractivity contribution in [2.24, 2.45) is 11.8 Å². The Morgan fingerprint density at radius 3 is 0.792 bits per heavy atom. The van der Waals surface area contributed by atoms with Gasteiger partial charge in [-0.3, -0.25) is 37.3 Å². The van der Waals surface area contributed by atoms with Gasteiger partial charge in [0.25, 0.3) is 0 Å². The van der Waals surface area contributed by atoms with E-state index in [0.717, 1.165) is 115 Å². The molecule has 0 bridgehead atoms. The van der Waals surface area contributed by atoms with Gasteiger partial charge in [0.05, 0.1) is 26.4 Å². The summed E-state index contributed by atoms with van der Waals surface area (Å²) in [4.78, 5) is 72.7. The maximum absolute atomic E-state index is 13.1. The van der Waals surface area contributed by atoms with Crippen molar-refractivity contribution in [1.82, 2.24) is 0 Å². The summed E-state index contributed by atoms with van der Waals surface area (Å²) < 4.78 is 68.4. The Hall–Kier alpha value is -1.94. The average Bonchev–Trinajstić information content (AvgIpc) is 1.57. The fourth-order valence-corrected chi connectivity index (χ4v) is 13.4. The zero-order valence-electron chi connectivity index (χ0n) is 62.7. The Morgan fingerprint density at radius 2 is 0.531 bits per heavy atom. The lowest BCUT2D eigenvalue weighted by Gasteiger charge is -2.21. The number of phosphoric ester groups is 2. The molecule has 0 aliphatic carbocycles. The minimum Gasteiger partial charge on any atom is -0.462 e. The van der Waals surface area contributed by atoms with Crippen LogP contribution in [-0.2, 0) is 65.4 Å². The van der Waals surface area contributed by atoms with E-state index in [4.69, 9.17) is 37.0 Å². The Kier molecular flexibility index (Phi) is 67.4. The second-order valence-electron chi connectivity index (χ2n) is 28.5. The van der Waals surface area contributed by atoms with Crippen LogP contribution in [0.15, 0.2) is 0 Å². The van der Waals surface area contributed by atoms with Crippen molar-refractivity contribution in [3.8, 4) is 0 Å². The molecule has 3 unspecified atom stereocenters. The number of rotatable bonds is 76. The number of carbonyl (C=O) groups is 4. The number of esters is 4. The van der Waals surface area contributed by atoms with Crippen molar-refractivity contribution in [1.29, 1.82) is 0 Å². The Bertz CT molecular complexity index is 1860. The first kappa shape index (κ1) is 94.1. The molecule has 19 heteroatoms. The normalized spacial score (nSPS) is 14.3. The fraction of sp³-hybridized carbons (Fsp3) is 0.948. The van der Waals surface area contributed by atoms with Crippen molar-refractivity contribution < 1.29 is 80.2 Å². The average molecular weight is 1410 g/mol. The van der Waals surface area contributed by atoms with Gasteiger partial charge in [-0.2, -0.15) is 0 Å². The third-order valence-electron chi connectivity index (χ3n) is 18.3. The van der Waals surface area contributed by atoms with E-state index in [2.05, 4.69) is 41.5 Å². The number of ether oxygens (including phenoxy) is 4. The summed E-state index contributed by atoms with van der Waals surface area (Å²) >= 11 is 0. The number of unbranched alkanes of at least 4 members (excludes halogenated alkanes) is 45. The fourth-order valence-electron chi connectivity index (χ4n) is 11.8. The number of aliphatic hydroxyl groups excluding tert-OH is 1. The molecule has 0 aromatic carbocycles. The largest absolute Gasteiger partial charge is 0.472 e. The molecule has 0 aromatic heterocycles. The van der Waals surface area contributed by atoms with E-state index in [1.807, 2.05) is 0 Å². The van der Waals surface area contributed by atoms with Gasteiger partial charge in [0.1, 0.15) is 19.3 Å². The Morgan fingerprint density at radius 1 is 0.302 bits per heavy atom. The molecule has 0 saturated carbocycles. The smallest absolute Gasteiger partial charge is 0.462 e. The molecular weight excluding hydrogens is 1260 g/mol. The molecule has 96 heavy (non-hydrogen) atoms. The van der Waals surface area contributed by atoms with Crippen LogP contribution in [-0.4, -0.2) is 96.7 Å². The highest BCUT2D eigenvalue weighted by molar-refractivity contribution is 7.47. The predicted molar refractivity (Wildman–Crippen MR) is 391 cm³/mol. The van der Waals surface area contributed by atoms with Crippen LogP contribution in [0.4, 0.5) is 0 Å². The monoisotopic (exact) mass is 1410 g/mol. The highest BCUT2D eigenvalue weighted by Gasteiger charge is 2.30. The van der Waals surface area contributed by atoms with Gasteiger partial charge in [-0.25, -0.2) is 9.13 Å². The molecule has 17 nitrogen and oxygen atoms in total. The van der Waals surface area contributed by atoms with Crippen LogP contribution in [0, 0.1) is 11.8 Å². The molecular formula is C77H150O17P2. The zero-order valence-corrected chi connectivity index (χ0v) is 64.5. The zero-order chi connectivity index (χ0) is 70.7. The lowest BCUT2D eigenvalue weighted by Crippen LogP contribution is -2.30. The molecule has 0 heterocycles. The molecule has 0 aliphatic heterocycles. The van der Waals surface area contributed by atoms with Crippen LogP contribution in [0.2, 0.25) is 0 Å². The van der Waals surface area contributed by atoms with E-state index in [-0.39, 0.29) is 25.7 Å². The topological polar surface area (TPSA) is 237 Å². The minimum atomic E-state index is -4.96. The van der Waals surface area contributed by atoms with Gasteiger partial charge in [0.15, 0.2) is 12.2 Å². The summed E-state index contributed by atoms with van der Waals surface area (Å²) in [6.45, 7) is 9.59. The third kappa shape index (κ3) is 69.2. The molecule has 0 radical (unpaired) electrons. The van der Waals surface area contributed by atoms with Crippen LogP contribution in [0.1, 0.15) is 401 Å². The lowest BCUT2D eigenvalue weighted by molar-refractivity contribution is -0.161. The van der Waals surface area contributed by atoms with E-state index in [9.17, 15) is 43.2 Å². The second kappa shape index (κ2) is 68.8. The van der Waals surface area contributed by atoms with Gasteiger partial charge in [0, 0.05) is 25.7 Å². The van der Waals surface area contributed by atoms with Crippen LogP contribution < -0.4 is 0 Å². The predicted octanol–water partition coefficient (Wildman–Crippen LogP) is 22.7. The summed E-state index contributed by atoms with van der Waals surface area (Å²) in [5.41, 5.74) is 0. The van der Waals surface area contributed by atoms with Crippen LogP contribution in [0.5, 0.6) is 0 Å². The quantitative estimate of drug-likeness (QED) is 0.0222. The summed E-state index contributed by atoms with van der Waals surface area (Å²) in [5, 5.41) is 10.6. The van der Waals surface area contributed by atoms with Crippen molar-refractivity contribution in [3.05, 3.63) is 0 Å². The van der Waals surface area contributed by atoms with E-state index < -0.39 is 97.5 Å². The molecule has 570 valence electrons. The molecule has 3 N–H and O–H groups in total. The van der Waals surface area contributed by atoms with Crippen molar-refractivity contribution >= 4 is 39.5 Å². The van der Waals surface area contributed by atoms with Gasteiger partial charge >= 0.3 is 39.5 Å². The van der Waals surface area contributed by atoms with E-state index in [0.29, 0.717) is 25.7 Å². The molecule has 0 saturated heterocycles. The number of carbonyl (C=O) groups excluding carboxylic acids is 4. The maximum atomic E-state index is 13.1. The highest BCUT2D eigenvalue weighted by Crippen LogP contribution is 2.45. The van der Waals surface area contributed by atoms with Gasteiger partial charge < -0.3 is 33.8 Å². The number of phosphoric acid groups is 2. The molecule has 0 spiro atoms. The molecule has 0 aromatic rings. The minimum absolute atomic E-state index is 0.105. The first-order valence-corrected chi connectivity index (χ1v) is 43.0. The Balaban J connectivity index is 5.18. The lowest BCUT2D eigenvalue weighted by atomic mass is 9.99. The molecule has 0 amide bonds. The number of hydrogen-bond acceptors (Lipinski definition) is 15. The van der Waals surface area contributed by atoms with Gasteiger partial charge in [-0.1, -0.05) is 350 Å². The van der Waals surface area contributed by atoms with Crippen molar-refractivity contribution in [2.45, 2.75) is 419 Å². The second-order valence-corrected chi connectivity index (χ2v) is 31.4. The molecule has 6 atom stereocenters. The van der Waals surface area contributed by atoms with Gasteiger partial charge in [-0.05, 0) is 37.5 Å². The molecule has 0 fully saturated rings.